The molecule has 0 aliphatic carbocycles. The van der Waals surface area contributed by atoms with E-state index >= 15 is 0 Å². The van der Waals surface area contributed by atoms with Crippen LogP contribution in [0.4, 0.5) is 0 Å². The lowest BCUT2D eigenvalue weighted by Gasteiger charge is -2.08. The molecular weight excluding hydrogens is 166 g/mol. The van der Waals surface area contributed by atoms with E-state index in [4.69, 9.17) is 9.47 Å². The fraction of sp³-hybridized carbons (Fsp3) is 1.00. The zero-order valence-corrected chi connectivity index (χ0v) is 6.25. The Hall–Kier alpha value is -0.720. The highest BCUT2D eigenvalue weighted by molar-refractivity contribution is 4.94. The number of rotatable bonds is 1. The Morgan fingerprint density at radius 2 is 2.00 bits per heavy atom. The predicted molar refractivity (Wildman–Crippen MR) is 36.3 cm³/mol. The zero-order valence-electron chi connectivity index (χ0n) is 6.25. The SMILES string of the molecule is O=[N+]([O-])[C@H]1CO[C@H]2[C@@H]1OC[C@H]2O. The van der Waals surface area contributed by atoms with Crippen LogP contribution in [0.25, 0.3) is 0 Å². The van der Waals surface area contributed by atoms with Gasteiger partial charge < -0.3 is 14.6 Å². The van der Waals surface area contributed by atoms with Crippen LogP contribution < -0.4 is 0 Å². The van der Waals surface area contributed by atoms with Crippen LogP contribution in [0, 0.1) is 10.1 Å². The van der Waals surface area contributed by atoms with Crippen molar-refractivity contribution in [2.45, 2.75) is 24.4 Å². The van der Waals surface area contributed by atoms with Gasteiger partial charge in [0, 0.05) is 4.92 Å². The molecule has 68 valence electrons. The summed E-state index contributed by atoms with van der Waals surface area (Å²) in [5.74, 6) is 0. The van der Waals surface area contributed by atoms with Crippen LogP contribution in [-0.4, -0.2) is 47.6 Å². The smallest absolute Gasteiger partial charge is 0.264 e. The lowest BCUT2D eigenvalue weighted by Crippen LogP contribution is -2.35. The van der Waals surface area contributed by atoms with Gasteiger partial charge >= 0.3 is 0 Å². The van der Waals surface area contributed by atoms with Gasteiger partial charge in [-0.15, -0.1) is 0 Å². The van der Waals surface area contributed by atoms with Crippen molar-refractivity contribution >= 4 is 0 Å². The molecule has 6 heteroatoms. The van der Waals surface area contributed by atoms with Crippen LogP contribution in [0.1, 0.15) is 0 Å². The molecular formula is C6H9NO5. The average Bonchev–Trinajstić information content (AvgIpc) is 2.53. The first kappa shape index (κ1) is 7.90. The minimum absolute atomic E-state index is 0.0411. The average molecular weight is 175 g/mol. The molecule has 0 unspecified atom stereocenters. The zero-order chi connectivity index (χ0) is 8.72. The summed E-state index contributed by atoms with van der Waals surface area (Å²) in [6.45, 7) is 0.180. The van der Waals surface area contributed by atoms with Gasteiger partial charge in [0.15, 0.2) is 6.10 Å². The molecule has 12 heavy (non-hydrogen) atoms. The number of aliphatic hydroxyl groups is 1. The summed E-state index contributed by atoms with van der Waals surface area (Å²) >= 11 is 0. The molecule has 0 spiro atoms. The molecule has 0 bridgehead atoms. The minimum Gasteiger partial charge on any atom is -0.388 e. The van der Waals surface area contributed by atoms with Crippen LogP contribution >= 0.6 is 0 Å². The summed E-state index contributed by atoms with van der Waals surface area (Å²) < 4.78 is 10.1. The van der Waals surface area contributed by atoms with E-state index in [1.807, 2.05) is 0 Å². The van der Waals surface area contributed by atoms with E-state index in [1.54, 1.807) is 0 Å². The fourth-order valence-corrected chi connectivity index (χ4v) is 1.64. The molecule has 2 heterocycles. The lowest BCUT2D eigenvalue weighted by molar-refractivity contribution is -0.529. The molecule has 0 radical (unpaired) electrons. The summed E-state index contributed by atoms with van der Waals surface area (Å²) in [4.78, 5) is 10.0. The molecule has 1 N–H and O–H groups in total. The number of ether oxygens (including phenoxy) is 2. The Kier molecular flexibility index (Phi) is 1.75. The second-order valence-corrected chi connectivity index (χ2v) is 3.02. The number of nitrogens with zero attached hydrogens (tertiary/aromatic N) is 1. The Morgan fingerprint density at radius 1 is 1.33 bits per heavy atom. The van der Waals surface area contributed by atoms with Crippen molar-refractivity contribution in [1.82, 2.24) is 0 Å². The Balaban J connectivity index is 2.10. The van der Waals surface area contributed by atoms with Gasteiger partial charge in [-0.2, -0.15) is 0 Å². The van der Waals surface area contributed by atoms with Crippen LogP contribution in [-0.2, 0) is 9.47 Å². The van der Waals surface area contributed by atoms with E-state index < -0.39 is 29.3 Å². The molecule has 2 rings (SSSR count). The summed E-state index contributed by atoms with van der Waals surface area (Å²) in [5.41, 5.74) is 0. The molecule has 0 aromatic rings. The molecule has 0 aromatic carbocycles. The van der Waals surface area contributed by atoms with Crippen LogP contribution in [0.5, 0.6) is 0 Å². The third-order valence-corrected chi connectivity index (χ3v) is 2.27. The largest absolute Gasteiger partial charge is 0.388 e. The van der Waals surface area contributed by atoms with E-state index in [2.05, 4.69) is 0 Å². The highest BCUT2D eigenvalue weighted by atomic mass is 16.7. The third-order valence-electron chi connectivity index (χ3n) is 2.27. The predicted octanol–water partition coefficient (Wildman–Crippen LogP) is -1.21. The Bertz CT molecular complexity index is 208. The van der Waals surface area contributed by atoms with Crippen molar-refractivity contribution in [1.29, 1.82) is 0 Å². The first-order valence-electron chi connectivity index (χ1n) is 3.75. The topological polar surface area (TPSA) is 81.8 Å². The van der Waals surface area contributed by atoms with Gasteiger partial charge in [-0.05, 0) is 0 Å². The van der Waals surface area contributed by atoms with Crippen molar-refractivity contribution in [3.05, 3.63) is 10.1 Å². The highest BCUT2D eigenvalue weighted by Crippen LogP contribution is 2.28. The summed E-state index contributed by atoms with van der Waals surface area (Å²) in [6.07, 6.45) is -1.77. The molecule has 0 amide bonds. The molecule has 0 aromatic heterocycles. The van der Waals surface area contributed by atoms with Crippen molar-refractivity contribution in [3.63, 3.8) is 0 Å². The molecule has 2 saturated heterocycles. The van der Waals surface area contributed by atoms with Gasteiger partial charge in [0.2, 0.25) is 0 Å². The molecule has 0 saturated carbocycles. The van der Waals surface area contributed by atoms with E-state index in [-0.39, 0.29) is 13.2 Å². The van der Waals surface area contributed by atoms with E-state index in [0.29, 0.717) is 0 Å². The van der Waals surface area contributed by atoms with E-state index in [9.17, 15) is 15.2 Å². The molecule has 2 fully saturated rings. The molecule has 2 aliphatic heterocycles. The summed E-state index contributed by atoms with van der Waals surface area (Å²) in [7, 11) is 0. The number of hydrogen-bond acceptors (Lipinski definition) is 5. The molecule has 6 nitrogen and oxygen atoms in total. The van der Waals surface area contributed by atoms with Crippen molar-refractivity contribution in [2.24, 2.45) is 0 Å². The van der Waals surface area contributed by atoms with Crippen LogP contribution in [0.15, 0.2) is 0 Å². The van der Waals surface area contributed by atoms with Gasteiger partial charge in [-0.25, -0.2) is 0 Å². The highest BCUT2D eigenvalue weighted by Gasteiger charge is 2.52. The fourth-order valence-electron chi connectivity index (χ4n) is 1.64. The Labute approximate surface area is 68.2 Å². The Morgan fingerprint density at radius 3 is 2.67 bits per heavy atom. The number of nitro groups is 1. The molecule has 2 aliphatic rings. The third kappa shape index (κ3) is 0.996. The maximum atomic E-state index is 10.4. The maximum Gasteiger partial charge on any atom is 0.264 e. The first-order valence-corrected chi connectivity index (χ1v) is 3.75. The van der Waals surface area contributed by atoms with Crippen LogP contribution in [0.3, 0.4) is 0 Å². The van der Waals surface area contributed by atoms with Crippen molar-refractivity contribution in [2.75, 3.05) is 13.2 Å². The van der Waals surface area contributed by atoms with Gasteiger partial charge in [-0.1, -0.05) is 0 Å². The second-order valence-electron chi connectivity index (χ2n) is 3.02. The second kappa shape index (κ2) is 2.65. The van der Waals surface area contributed by atoms with Crippen LogP contribution in [0.2, 0.25) is 0 Å². The van der Waals surface area contributed by atoms with Gasteiger partial charge in [0.05, 0.1) is 6.61 Å². The molecule has 4 atom stereocenters. The number of aliphatic hydroxyl groups excluding tert-OH is 1. The quantitative estimate of drug-likeness (QED) is 0.399. The van der Waals surface area contributed by atoms with E-state index in [1.165, 1.54) is 0 Å². The number of fused-ring (bicyclic) bond motifs is 1. The maximum absolute atomic E-state index is 10.4. The van der Waals surface area contributed by atoms with Crippen molar-refractivity contribution in [3.8, 4) is 0 Å². The van der Waals surface area contributed by atoms with Crippen molar-refractivity contribution < 1.29 is 19.5 Å². The standard InChI is InChI=1S/C6H9NO5/c8-4-2-12-5-3(7(9)10)1-11-6(4)5/h3-6,8H,1-2H2/t3-,4+,5+,6+/m0/s1. The van der Waals surface area contributed by atoms with E-state index in [0.717, 1.165) is 0 Å². The lowest BCUT2D eigenvalue weighted by atomic mass is 10.1. The van der Waals surface area contributed by atoms with Gasteiger partial charge in [-0.3, -0.25) is 10.1 Å². The minimum atomic E-state index is -0.813. The normalized spacial score (nSPS) is 46.1. The first-order chi connectivity index (χ1) is 5.70. The monoisotopic (exact) mass is 175 g/mol. The van der Waals surface area contributed by atoms with Gasteiger partial charge in [0.25, 0.3) is 6.04 Å². The number of hydrogen-bond donors (Lipinski definition) is 1. The summed E-state index contributed by atoms with van der Waals surface area (Å²) in [6, 6.07) is -0.813. The summed E-state index contributed by atoms with van der Waals surface area (Å²) in [5, 5.41) is 19.6. The van der Waals surface area contributed by atoms with Gasteiger partial charge in [0.1, 0.15) is 18.8 Å².